The molecule has 1 saturated heterocycles. The highest BCUT2D eigenvalue weighted by atomic mass is 32.2. The molecule has 3 unspecified atom stereocenters. The number of carboxylic acid groups (broad SMARTS) is 1. The minimum atomic E-state index is -3.91. The van der Waals surface area contributed by atoms with Crippen molar-refractivity contribution in [1.29, 1.82) is 0 Å². The number of aromatic nitrogens is 1. The number of para-hydroxylation sites is 1. The first-order valence-electron chi connectivity index (χ1n) is 13.9. The summed E-state index contributed by atoms with van der Waals surface area (Å²) in [5, 5.41) is 10.7. The van der Waals surface area contributed by atoms with E-state index >= 15 is 0 Å². The van der Waals surface area contributed by atoms with Crippen LogP contribution in [0.25, 0.3) is 10.9 Å². The van der Waals surface area contributed by atoms with Gasteiger partial charge in [-0.1, -0.05) is 57.2 Å². The van der Waals surface area contributed by atoms with Gasteiger partial charge in [0.25, 0.3) is 15.9 Å². The van der Waals surface area contributed by atoms with E-state index in [2.05, 4.69) is 16.6 Å². The SMILES string of the molecule is CC(C1CCCCC1)C1C(C)N(C(=O)c2ccc(NS(=O)(=O)c3cccc4cccnc34)cc2)CCN1C(=O)O. The van der Waals surface area contributed by atoms with E-state index in [1.807, 2.05) is 6.92 Å². The molecule has 212 valence electrons. The summed E-state index contributed by atoms with van der Waals surface area (Å²) < 4.78 is 28.9. The number of amides is 2. The molecule has 40 heavy (non-hydrogen) atoms. The maximum absolute atomic E-state index is 13.6. The number of hydrogen-bond donors (Lipinski definition) is 2. The van der Waals surface area contributed by atoms with Gasteiger partial charge in [-0.2, -0.15) is 0 Å². The number of benzene rings is 2. The van der Waals surface area contributed by atoms with E-state index in [0.717, 1.165) is 18.2 Å². The summed E-state index contributed by atoms with van der Waals surface area (Å²) in [5.41, 5.74) is 1.14. The van der Waals surface area contributed by atoms with E-state index < -0.39 is 16.1 Å². The van der Waals surface area contributed by atoms with Gasteiger partial charge in [0, 0.05) is 35.9 Å². The summed E-state index contributed by atoms with van der Waals surface area (Å²) in [6.07, 6.45) is 6.36. The van der Waals surface area contributed by atoms with Gasteiger partial charge in [0.05, 0.1) is 17.6 Å². The van der Waals surface area contributed by atoms with Crippen LogP contribution in [0.2, 0.25) is 0 Å². The van der Waals surface area contributed by atoms with Crippen LogP contribution in [-0.4, -0.2) is 65.5 Å². The van der Waals surface area contributed by atoms with E-state index in [0.29, 0.717) is 29.2 Å². The standard InChI is InChI=1S/C30H36N4O5S/c1-20(22-8-4-3-5-9-22)28-21(2)33(18-19-34(28)30(36)37)29(35)24-13-15-25(16-14-24)32-40(38,39)26-12-6-10-23-11-7-17-31-27(23)26/h6-7,10-17,20-22,28,32H,3-5,8-9,18-19H2,1-2H3,(H,36,37). The van der Waals surface area contributed by atoms with Crippen molar-refractivity contribution in [2.24, 2.45) is 11.8 Å². The summed E-state index contributed by atoms with van der Waals surface area (Å²) in [6, 6.07) is 14.3. The third-order valence-corrected chi connectivity index (χ3v) is 10.0. The lowest BCUT2D eigenvalue weighted by Gasteiger charge is -2.49. The molecule has 1 aliphatic heterocycles. The number of rotatable bonds is 6. The molecule has 0 spiro atoms. The Kier molecular flexibility index (Phi) is 7.98. The Morgan fingerprint density at radius 1 is 0.975 bits per heavy atom. The minimum Gasteiger partial charge on any atom is -0.465 e. The number of pyridine rings is 1. The zero-order valence-electron chi connectivity index (χ0n) is 22.9. The molecule has 3 aromatic rings. The fourth-order valence-electron chi connectivity index (χ4n) is 6.53. The molecule has 0 radical (unpaired) electrons. The normalized spacial score (nSPS) is 21.2. The van der Waals surface area contributed by atoms with Crippen LogP contribution in [0.5, 0.6) is 0 Å². The molecule has 2 amide bonds. The van der Waals surface area contributed by atoms with Crippen molar-refractivity contribution >= 4 is 38.6 Å². The third-order valence-electron chi connectivity index (χ3n) is 8.64. The highest BCUT2D eigenvalue weighted by Gasteiger charge is 2.43. The van der Waals surface area contributed by atoms with E-state index in [9.17, 15) is 23.1 Å². The van der Waals surface area contributed by atoms with Crippen LogP contribution >= 0.6 is 0 Å². The Balaban J connectivity index is 1.33. The second-order valence-corrected chi connectivity index (χ2v) is 12.6. The Morgan fingerprint density at radius 2 is 1.65 bits per heavy atom. The molecule has 5 rings (SSSR count). The monoisotopic (exact) mass is 564 g/mol. The molecule has 1 aromatic heterocycles. The van der Waals surface area contributed by atoms with Crippen LogP contribution in [0.3, 0.4) is 0 Å². The highest BCUT2D eigenvalue weighted by Crippen LogP contribution is 2.36. The van der Waals surface area contributed by atoms with Crippen molar-refractivity contribution in [3.63, 3.8) is 0 Å². The molecule has 1 aliphatic carbocycles. The topological polar surface area (TPSA) is 120 Å². The van der Waals surface area contributed by atoms with Crippen LogP contribution in [0, 0.1) is 11.8 Å². The largest absolute Gasteiger partial charge is 0.465 e. The zero-order valence-corrected chi connectivity index (χ0v) is 23.7. The van der Waals surface area contributed by atoms with E-state index in [-0.39, 0.29) is 35.3 Å². The van der Waals surface area contributed by atoms with Crippen molar-refractivity contribution in [2.45, 2.75) is 62.9 Å². The number of nitrogens with one attached hydrogen (secondary N) is 1. The number of anilines is 1. The second kappa shape index (κ2) is 11.4. The zero-order chi connectivity index (χ0) is 28.4. The number of carbonyl (C=O) groups excluding carboxylic acids is 1. The average Bonchev–Trinajstić information content (AvgIpc) is 2.96. The second-order valence-electron chi connectivity index (χ2n) is 11.0. The van der Waals surface area contributed by atoms with Gasteiger partial charge in [-0.3, -0.25) is 14.5 Å². The van der Waals surface area contributed by atoms with Crippen molar-refractivity contribution in [3.05, 3.63) is 66.4 Å². The first-order valence-corrected chi connectivity index (χ1v) is 15.4. The lowest BCUT2D eigenvalue weighted by atomic mass is 9.75. The van der Waals surface area contributed by atoms with Gasteiger partial charge in [0.15, 0.2) is 0 Å². The van der Waals surface area contributed by atoms with Gasteiger partial charge in [0.1, 0.15) is 4.90 Å². The summed E-state index contributed by atoms with van der Waals surface area (Å²) in [4.78, 5) is 33.3. The smallest absolute Gasteiger partial charge is 0.407 e. The molecular formula is C30H36N4O5S. The number of carbonyl (C=O) groups is 2. The predicted molar refractivity (Wildman–Crippen MR) is 154 cm³/mol. The molecule has 2 aromatic carbocycles. The van der Waals surface area contributed by atoms with E-state index in [1.54, 1.807) is 59.6 Å². The maximum atomic E-state index is 13.6. The van der Waals surface area contributed by atoms with Crippen LogP contribution < -0.4 is 4.72 Å². The van der Waals surface area contributed by atoms with Crippen LogP contribution in [0.15, 0.2) is 65.7 Å². The molecule has 1 saturated carbocycles. The molecule has 0 bridgehead atoms. The number of hydrogen-bond acceptors (Lipinski definition) is 5. The molecule has 2 heterocycles. The van der Waals surface area contributed by atoms with Crippen molar-refractivity contribution in [3.8, 4) is 0 Å². The number of nitrogens with zero attached hydrogens (tertiary/aromatic N) is 3. The van der Waals surface area contributed by atoms with Crippen LogP contribution in [-0.2, 0) is 10.0 Å². The van der Waals surface area contributed by atoms with Gasteiger partial charge in [0.2, 0.25) is 0 Å². The molecule has 3 atom stereocenters. The fourth-order valence-corrected chi connectivity index (χ4v) is 7.77. The first-order chi connectivity index (χ1) is 19.2. The van der Waals surface area contributed by atoms with Crippen molar-refractivity contribution in [1.82, 2.24) is 14.8 Å². The predicted octanol–water partition coefficient (Wildman–Crippen LogP) is 5.44. The minimum absolute atomic E-state index is 0.0778. The summed E-state index contributed by atoms with van der Waals surface area (Å²) >= 11 is 0. The van der Waals surface area contributed by atoms with Crippen molar-refractivity contribution in [2.75, 3.05) is 17.8 Å². The lowest BCUT2D eigenvalue weighted by Crippen LogP contribution is -2.63. The Labute approximate surface area is 235 Å². The molecule has 10 heteroatoms. The molecule has 2 aliphatic rings. The number of piperazine rings is 1. The van der Waals surface area contributed by atoms with E-state index in [4.69, 9.17) is 0 Å². The first kappa shape index (κ1) is 27.9. The summed E-state index contributed by atoms with van der Waals surface area (Å²) in [6.45, 7) is 4.65. The molecular weight excluding hydrogens is 528 g/mol. The van der Waals surface area contributed by atoms with E-state index in [1.165, 1.54) is 30.2 Å². The quantitative estimate of drug-likeness (QED) is 0.411. The lowest BCUT2D eigenvalue weighted by molar-refractivity contribution is -0.00310. The Bertz CT molecular complexity index is 1480. The number of sulfonamides is 1. The average molecular weight is 565 g/mol. The maximum Gasteiger partial charge on any atom is 0.407 e. The van der Waals surface area contributed by atoms with Gasteiger partial charge >= 0.3 is 6.09 Å². The summed E-state index contributed by atoms with van der Waals surface area (Å²) in [5.74, 6) is 0.399. The molecule has 2 N–H and O–H groups in total. The van der Waals surface area contributed by atoms with Gasteiger partial charge in [-0.05, 0) is 55.2 Å². The Morgan fingerprint density at radius 3 is 2.35 bits per heavy atom. The van der Waals surface area contributed by atoms with Gasteiger partial charge in [-0.25, -0.2) is 13.2 Å². The van der Waals surface area contributed by atoms with Gasteiger partial charge < -0.3 is 14.9 Å². The highest BCUT2D eigenvalue weighted by molar-refractivity contribution is 7.93. The fraction of sp³-hybridized carbons (Fsp3) is 0.433. The van der Waals surface area contributed by atoms with Crippen molar-refractivity contribution < 1.29 is 23.1 Å². The molecule has 2 fully saturated rings. The Hall–Kier alpha value is -3.66. The van der Waals surface area contributed by atoms with Crippen LogP contribution in [0.4, 0.5) is 10.5 Å². The van der Waals surface area contributed by atoms with Crippen LogP contribution in [0.1, 0.15) is 56.3 Å². The third kappa shape index (κ3) is 5.50. The van der Waals surface area contributed by atoms with Gasteiger partial charge in [-0.15, -0.1) is 0 Å². The summed E-state index contributed by atoms with van der Waals surface area (Å²) in [7, 11) is -3.91. The molecule has 9 nitrogen and oxygen atoms in total. The number of fused-ring (bicyclic) bond motifs is 1.